The van der Waals surface area contributed by atoms with E-state index >= 15 is 0 Å². The van der Waals surface area contributed by atoms with Crippen LogP contribution >= 0.6 is 23.2 Å². The zero-order valence-electron chi connectivity index (χ0n) is 16.1. The maximum Gasteiger partial charge on any atom is 0.227 e. The van der Waals surface area contributed by atoms with Crippen LogP contribution in [0, 0.1) is 5.82 Å². The predicted octanol–water partition coefficient (Wildman–Crippen LogP) is 4.48. The fourth-order valence-electron chi connectivity index (χ4n) is 3.44. The van der Waals surface area contributed by atoms with Crippen molar-refractivity contribution in [2.75, 3.05) is 31.1 Å². The standard InChI is InChI=1S/C22H19Cl2FN4O/c23-16-5-6-17(18(24)14-16)20-7-8-21(27-26-20)28-9-11-29(12-10-28)22(30)13-15-3-1-2-4-19(15)25/h1-8,14H,9-13H2. The van der Waals surface area contributed by atoms with Gasteiger partial charge in [0.15, 0.2) is 5.82 Å². The van der Waals surface area contributed by atoms with Crippen LogP contribution in [-0.2, 0) is 11.2 Å². The molecule has 0 unspecified atom stereocenters. The number of amides is 1. The van der Waals surface area contributed by atoms with Gasteiger partial charge in [-0.25, -0.2) is 4.39 Å². The Labute approximate surface area is 184 Å². The van der Waals surface area contributed by atoms with Crippen molar-refractivity contribution < 1.29 is 9.18 Å². The number of piperazine rings is 1. The Morgan fingerprint density at radius 1 is 0.967 bits per heavy atom. The molecule has 3 aromatic rings. The van der Waals surface area contributed by atoms with Crippen molar-refractivity contribution in [3.8, 4) is 11.3 Å². The van der Waals surface area contributed by atoms with Crippen molar-refractivity contribution >= 4 is 34.9 Å². The zero-order chi connectivity index (χ0) is 21.1. The van der Waals surface area contributed by atoms with Gasteiger partial charge in [0.25, 0.3) is 0 Å². The average Bonchev–Trinajstić information content (AvgIpc) is 2.76. The number of benzene rings is 2. The Hall–Kier alpha value is -2.70. The minimum atomic E-state index is -0.347. The molecule has 1 aromatic heterocycles. The van der Waals surface area contributed by atoms with Gasteiger partial charge in [0, 0.05) is 36.8 Å². The van der Waals surface area contributed by atoms with E-state index < -0.39 is 0 Å². The predicted molar refractivity (Wildman–Crippen MR) is 116 cm³/mol. The summed E-state index contributed by atoms with van der Waals surface area (Å²) in [5.74, 6) is 0.323. The quantitative estimate of drug-likeness (QED) is 0.594. The Bertz CT molecular complexity index is 1050. The monoisotopic (exact) mass is 444 g/mol. The first-order valence-corrected chi connectivity index (χ1v) is 10.3. The second kappa shape index (κ2) is 8.98. The summed E-state index contributed by atoms with van der Waals surface area (Å²) in [5.41, 5.74) is 1.86. The largest absolute Gasteiger partial charge is 0.352 e. The minimum Gasteiger partial charge on any atom is -0.352 e. The Balaban J connectivity index is 1.37. The molecule has 1 aliphatic heterocycles. The molecule has 0 N–H and O–H groups in total. The van der Waals surface area contributed by atoms with Crippen molar-refractivity contribution in [1.82, 2.24) is 15.1 Å². The molecule has 5 nitrogen and oxygen atoms in total. The molecule has 154 valence electrons. The van der Waals surface area contributed by atoms with Crippen LogP contribution in [-0.4, -0.2) is 47.2 Å². The molecule has 30 heavy (non-hydrogen) atoms. The summed E-state index contributed by atoms with van der Waals surface area (Å²) in [6.07, 6.45) is 0.0724. The van der Waals surface area contributed by atoms with Crippen LogP contribution in [0.4, 0.5) is 10.2 Å². The van der Waals surface area contributed by atoms with Crippen LogP contribution in [0.1, 0.15) is 5.56 Å². The van der Waals surface area contributed by atoms with E-state index in [0.717, 1.165) is 11.4 Å². The molecule has 1 aliphatic rings. The molecule has 0 atom stereocenters. The summed E-state index contributed by atoms with van der Waals surface area (Å²) < 4.78 is 13.8. The van der Waals surface area contributed by atoms with Crippen LogP contribution in [0.15, 0.2) is 54.6 Å². The maximum absolute atomic E-state index is 13.8. The van der Waals surface area contributed by atoms with Crippen molar-refractivity contribution in [3.05, 3.63) is 76.0 Å². The Morgan fingerprint density at radius 2 is 1.73 bits per heavy atom. The molecule has 0 radical (unpaired) electrons. The lowest BCUT2D eigenvalue weighted by Crippen LogP contribution is -2.49. The molecule has 2 aromatic carbocycles. The number of hydrogen-bond donors (Lipinski definition) is 0. The number of rotatable bonds is 4. The maximum atomic E-state index is 13.8. The molecule has 0 bridgehead atoms. The average molecular weight is 445 g/mol. The topological polar surface area (TPSA) is 49.3 Å². The first-order valence-electron chi connectivity index (χ1n) is 9.56. The molecule has 0 saturated carbocycles. The summed E-state index contributed by atoms with van der Waals surface area (Å²) >= 11 is 12.2. The number of carbonyl (C=O) groups excluding carboxylic acids is 1. The van der Waals surface area contributed by atoms with E-state index in [1.807, 2.05) is 18.2 Å². The number of nitrogens with zero attached hydrogens (tertiary/aromatic N) is 4. The van der Waals surface area contributed by atoms with Crippen LogP contribution in [0.5, 0.6) is 0 Å². The number of carbonyl (C=O) groups is 1. The second-order valence-corrected chi connectivity index (χ2v) is 7.88. The van der Waals surface area contributed by atoms with E-state index in [2.05, 4.69) is 15.1 Å². The van der Waals surface area contributed by atoms with Gasteiger partial charge in [0.2, 0.25) is 5.91 Å². The lowest BCUT2D eigenvalue weighted by atomic mass is 10.1. The fraction of sp³-hybridized carbons (Fsp3) is 0.227. The van der Waals surface area contributed by atoms with E-state index in [4.69, 9.17) is 23.2 Å². The van der Waals surface area contributed by atoms with Gasteiger partial charge in [-0.1, -0.05) is 41.4 Å². The van der Waals surface area contributed by atoms with Gasteiger partial charge in [-0.05, 0) is 42.0 Å². The molecule has 0 spiro atoms. The van der Waals surface area contributed by atoms with Gasteiger partial charge in [0.05, 0.1) is 17.1 Å². The van der Waals surface area contributed by atoms with Crippen LogP contribution < -0.4 is 4.90 Å². The van der Waals surface area contributed by atoms with Crippen LogP contribution in [0.25, 0.3) is 11.3 Å². The first kappa shape index (κ1) is 20.6. The SMILES string of the molecule is O=C(Cc1ccccc1F)N1CCN(c2ccc(-c3ccc(Cl)cc3Cl)nn2)CC1. The number of aromatic nitrogens is 2. The third-order valence-electron chi connectivity index (χ3n) is 5.11. The summed E-state index contributed by atoms with van der Waals surface area (Å²) in [6, 6.07) is 15.4. The second-order valence-electron chi connectivity index (χ2n) is 7.04. The van der Waals surface area contributed by atoms with Gasteiger partial charge < -0.3 is 9.80 Å². The summed E-state index contributed by atoms with van der Waals surface area (Å²) in [7, 11) is 0. The van der Waals surface area contributed by atoms with E-state index in [0.29, 0.717) is 47.5 Å². The van der Waals surface area contributed by atoms with Gasteiger partial charge >= 0.3 is 0 Å². The molecular weight excluding hydrogens is 426 g/mol. The van der Waals surface area contributed by atoms with Crippen molar-refractivity contribution in [2.45, 2.75) is 6.42 Å². The van der Waals surface area contributed by atoms with Crippen molar-refractivity contribution in [1.29, 1.82) is 0 Å². The lowest BCUT2D eigenvalue weighted by Gasteiger charge is -2.35. The molecule has 1 amide bonds. The van der Waals surface area contributed by atoms with Crippen LogP contribution in [0.3, 0.4) is 0 Å². The first-order chi connectivity index (χ1) is 14.5. The zero-order valence-corrected chi connectivity index (χ0v) is 17.6. The number of anilines is 1. The van der Waals surface area contributed by atoms with Gasteiger partial charge in [-0.2, -0.15) is 0 Å². The normalized spacial score (nSPS) is 14.1. The van der Waals surface area contributed by atoms with Crippen LogP contribution in [0.2, 0.25) is 10.0 Å². The highest BCUT2D eigenvalue weighted by Crippen LogP contribution is 2.29. The molecule has 0 aliphatic carbocycles. The van der Waals surface area contributed by atoms with Crippen molar-refractivity contribution in [2.24, 2.45) is 0 Å². The third kappa shape index (κ3) is 4.55. The van der Waals surface area contributed by atoms with Gasteiger partial charge in [0.1, 0.15) is 5.82 Å². The Morgan fingerprint density at radius 3 is 2.40 bits per heavy atom. The number of hydrogen-bond acceptors (Lipinski definition) is 4. The van der Waals surface area contributed by atoms with Gasteiger partial charge in [-0.3, -0.25) is 4.79 Å². The summed E-state index contributed by atoms with van der Waals surface area (Å²) in [5, 5.41) is 9.70. The molecular formula is C22H19Cl2FN4O. The van der Waals surface area contributed by atoms with E-state index in [1.165, 1.54) is 6.07 Å². The van der Waals surface area contributed by atoms with Crippen molar-refractivity contribution in [3.63, 3.8) is 0 Å². The summed E-state index contributed by atoms with van der Waals surface area (Å²) in [4.78, 5) is 16.3. The number of halogens is 3. The highest BCUT2D eigenvalue weighted by molar-refractivity contribution is 6.36. The smallest absolute Gasteiger partial charge is 0.227 e. The molecule has 4 rings (SSSR count). The highest BCUT2D eigenvalue weighted by Gasteiger charge is 2.23. The summed E-state index contributed by atoms with van der Waals surface area (Å²) in [6.45, 7) is 2.39. The van der Waals surface area contributed by atoms with E-state index in [9.17, 15) is 9.18 Å². The van der Waals surface area contributed by atoms with E-state index in [1.54, 1.807) is 35.2 Å². The van der Waals surface area contributed by atoms with E-state index in [-0.39, 0.29) is 18.1 Å². The fourth-order valence-corrected chi connectivity index (χ4v) is 3.94. The minimum absolute atomic E-state index is 0.0708. The lowest BCUT2D eigenvalue weighted by molar-refractivity contribution is -0.130. The highest BCUT2D eigenvalue weighted by atomic mass is 35.5. The third-order valence-corrected chi connectivity index (χ3v) is 5.66. The Kier molecular flexibility index (Phi) is 6.16. The molecule has 2 heterocycles. The molecule has 1 fully saturated rings. The molecule has 8 heteroatoms. The molecule has 1 saturated heterocycles. The van der Waals surface area contributed by atoms with Gasteiger partial charge in [-0.15, -0.1) is 10.2 Å².